The number of carbonyl (C=O) groups is 1. The maximum absolute atomic E-state index is 13.3. The molecule has 2 aromatic carbocycles. The molecule has 0 aromatic heterocycles. The second kappa shape index (κ2) is 5.52. The molecule has 0 fully saturated rings. The molecule has 98 valence electrons. The van der Waals surface area contributed by atoms with Gasteiger partial charge in [-0.05, 0) is 35.9 Å². The SMILES string of the molecule is CN(c1ccccc1)c1ccc(F)cc1CC(=O)O. The predicted molar refractivity (Wildman–Crippen MR) is 72.2 cm³/mol. The zero-order valence-corrected chi connectivity index (χ0v) is 10.5. The zero-order chi connectivity index (χ0) is 13.8. The van der Waals surface area contributed by atoms with E-state index in [2.05, 4.69) is 0 Å². The van der Waals surface area contributed by atoms with E-state index in [1.807, 2.05) is 42.3 Å². The number of aliphatic carboxylic acids is 1. The van der Waals surface area contributed by atoms with Crippen molar-refractivity contribution in [3.05, 3.63) is 59.9 Å². The molecule has 19 heavy (non-hydrogen) atoms. The van der Waals surface area contributed by atoms with Crippen LogP contribution in [0.5, 0.6) is 0 Å². The Hall–Kier alpha value is -2.36. The first-order valence-corrected chi connectivity index (χ1v) is 5.87. The molecule has 2 aromatic rings. The molecule has 0 saturated carbocycles. The molecule has 0 aliphatic rings. The van der Waals surface area contributed by atoms with Gasteiger partial charge in [0.15, 0.2) is 0 Å². The minimum absolute atomic E-state index is 0.204. The second-order valence-electron chi connectivity index (χ2n) is 4.24. The van der Waals surface area contributed by atoms with Gasteiger partial charge in [0.05, 0.1) is 6.42 Å². The van der Waals surface area contributed by atoms with Crippen molar-refractivity contribution in [1.29, 1.82) is 0 Å². The van der Waals surface area contributed by atoms with Gasteiger partial charge in [-0.3, -0.25) is 4.79 Å². The summed E-state index contributed by atoms with van der Waals surface area (Å²) in [6.07, 6.45) is -0.204. The highest BCUT2D eigenvalue weighted by molar-refractivity contribution is 5.75. The molecule has 4 heteroatoms. The van der Waals surface area contributed by atoms with E-state index in [0.29, 0.717) is 11.3 Å². The maximum Gasteiger partial charge on any atom is 0.307 e. The second-order valence-corrected chi connectivity index (χ2v) is 4.24. The molecule has 0 radical (unpaired) electrons. The van der Waals surface area contributed by atoms with E-state index in [4.69, 9.17) is 5.11 Å². The number of carboxylic acids is 1. The van der Waals surface area contributed by atoms with Crippen molar-refractivity contribution >= 4 is 17.3 Å². The molecule has 0 amide bonds. The first-order chi connectivity index (χ1) is 9.08. The number of anilines is 2. The van der Waals surface area contributed by atoms with Crippen LogP contribution in [0, 0.1) is 5.82 Å². The van der Waals surface area contributed by atoms with Gasteiger partial charge < -0.3 is 10.0 Å². The van der Waals surface area contributed by atoms with Crippen LogP contribution in [0.3, 0.4) is 0 Å². The van der Waals surface area contributed by atoms with Crippen molar-refractivity contribution in [1.82, 2.24) is 0 Å². The average Bonchev–Trinajstić information content (AvgIpc) is 2.38. The highest BCUT2D eigenvalue weighted by Gasteiger charge is 2.12. The number of benzene rings is 2. The van der Waals surface area contributed by atoms with E-state index >= 15 is 0 Å². The molecule has 2 rings (SSSR count). The smallest absolute Gasteiger partial charge is 0.307 e. The van der Waals surface area contributed by atoms with Crippen molar-refractivity contribution in [3.8, 4) is 0 Å². The highest BCUT2D eigenvalue weighted by Crippen LogP contribution is 2.27. The summed E-state index contributed by atoms with van der Waals surface area (Å²) < 4.78 is 13.3. The van der Waals surface area contributed by atoms with E-state index < -0.39 is 11.8 Å². The third-order valence-corrected chi connectivity index (χ3v) is 2.89. The number of hydrogen-bond acceptors (Lipinski definition) is 2. The van der Waals surface area contributed by atoms with Gasteiger partial charge >= 0.3 is 5.97 Å². The molecule has 0 aliphatic heterocycles. The quantitative estimate of drug-likeness (QED) is 0.916. The minimum Gasteiger partial charge on any atom is -0.481 e. The molecule has 0 bridgehead atoms. The monoisotopic (exact) mass is 259 g/mol. The van der Waals surface area contributed by atoms with Crippen molar-refractivity contribution in [2.24, 2.45) is 0 Å². The first kappa shape index (κ1) is 13.1. The number of para-hydroxylation sites is 1. The van der Waals surface area contributed by atoms with E-state index in [-0.39, 0.29) is 6.42 Å². The van der Waals surface area contributed by atoms with Crippen LogP contribution in [-0.4, -0.2) is 18.1 Å². The molecule has 0 aliphatic carbocycles. The lowest BCUT2D eigenvalue weighted by atomic mass is 10.1. The number of halogens is 1. The molecule has 0 unspecified atom stereocenters. The van der Waals surface area contributed by atoms with Crippen LogP contribution < -0.4 is 4.90 Å². The Morgan fingerprint density at radius 1 is 1.21 bits per heavy atom. The van der Waals surface area contributed by atoms with Gasteiger partial charge in [0.1, 0.15) is 5.82 Å². The normalized spacial score (nSPS) is 10.2. The summed E-state index contributed by atoms with van der Waals surface area (Å²) in [5.74, 6) is -1.41. The third-order valence-electron chi connectivity index (χ3n) is 2.89. The highest BCUT2D eigenvalue weighted by atomic mass is 19.1. The van der Waals surface area contributed by atoms with Crippen molar-refractivity contribution in [2.75, 3.05) is 11.9 Å². The fourth-order valence-electron chi connectivity index (χ4n) is 1.98. The van der Waals surface area contributed by atoms with Gasteiger partial charge in [-0.25, -0.2) is 4.39 Å². The molecule has 0 atom stereocenters. The molecule has 3 nitrogen and oxygen atoms in total. The van der Waals surface area contributed by atoms with Gasteiger partial charge in [0.25, 0.3) is 0 Å². The Morgan fingerprint density at radius 3 is 2.53 bits per heavy atom. The van der Waals surface area contributed by atoms with Crippen LogP contribution in [0.25, 0.3) is 0 Å². The van der Waals surface area contributed by atoms with Crippen LogP contribution in [-0.2, 0) is 11.2 Å². The zero-order valence-electron chi connectivity index (χ0n) is 10.5. The van der Waals surface area contributed by atoms with Crippen LogP contribution >= 0.6 is 0 Å². The maximum atomic E-state index is 13.3. The summed E-state index contributed by atoms with van der Waals surface area (Å²) in [6, 6.07) is 13.7. The molecular formula is C15H14FNO2. The van der Waals surface area contributed by atoms with Crippen molar-refractivity contribution < 1.29 is 14.3 Å². The molecule has 0 saturated heterocycles. The van der Waals surface area contributed by atoms with Crippen LogP contribution in [0.4, 0.5) is 15.8 Å². The lowest BCUT2D eigenvalue weighted by Gasteiger charge is -2.22. The van der Waals surface area contributed by atoms with E-state index in [9.17, 15) is 9.18 Å². The van der Waals surface area contributed by atoms with Gasteiger partial charge in [-0.15, -0.1) is 0 Å². The van der Waals surface area contributed by atoms with Gasteiger partial charge in [-0.2, -0.15) is 0 Å². The molecule has 0 spiro atoms. The number of nitrogens with zero attached hydrogens (tertiary/aromatic N) is 1. The number of carboxylic acid groups (broad SMARTS) is 1. The van der Waals surface area contributed by atoms with Crippen molar-refractivity contribution in [2.45, 2.75) is 6.42 Å². The molecule has 0 heterocycles. The van der Waals surface area contributed by atoms with Gasteiger partial charge in [-0.1, -0.05) is 18.2 Å². The Labute approximate surface area is 110 Å². The fourth-order valence-corrected chi connectivity index (χ4v) is 1.98. The molecular weight excluding hydrogens is 245 g/mol. The van der Waals surface area contributed by atoms with E-state index in [0.717, 1.165) is 5.69 Å². The predicted octanol–water partition coefficient (Wildman–Crippen LogP) is 3.22. The molecule has 1 N–H and O–H groups in total. The van der Waals surface area contributed by atoms with Crippen LogP contribution in [0.15, 0.2) is 48.5 Å². The first-order valence-electron chi connectivity index (χ1n) is 5.87. The Kier molecular flexibility index (Phi) is 3.80. The Morgan fingerprint density at radius 2 is 1.89 bits per heavy atom. The third kappa shape index (κ3) is 3.10. The fraction of sp³-hybridized carbons (Fsp3) is 0.133. The standard InChI is InChI=1S/C15H14FNO2/c1-17(13-5-3-2-4-6-13)14-8-7-12(16)9-11(14)10-15(18)19/h2-9H,10H2,1H3,(H,18,19). The minimum atomic E-state index is -0.978. The summed E-state index contributed by atoms with van der Waals surface area (Å²) in [4.78, 5) is 12.7. The van der Waals surface area contributed by atoms with E-state index in [1.165, 1.54) is 12.1 Å². The Bertz CT molecular complexity index is 584. The topological polar surface area (TPSA) is 40.5 Å². The van der Waals surface area contributed by atoms with Gasteiger partial charge in [0.2, 0.25) is 0 Å². The largest absolute Gasteiger partial charge is 0.481 e. The summed E-state index contributed by atoms with van der Waals surface area (Å²) in [5, 5.41) is 8.89. The summed E-state index contributed by atoms with van der Waals surface area (Å²) in [6.45, 7) is 0. The number of hydrogen-bond donors (Lipinski definition) is 1. The average molecular weight is 259 g/mol. The van der Waals surface area contributed by atoms with Gasteiger partial charge in [0, 0.05) is 18.4 Å². The van der Waals surface area contributed by atoms with Crippen LogP contribution in [0.1, 0.15) is 5.56 Å². The lowest BCUT2D eigenvalue weighted by Crippen LogP contribution is -2.13. The van der Waals surface area contributed by atoms with Crippen molar-refractivity contribution in [3.63, 3.8) is 0 Å². The lowest BCUT2D eigenvalue weighted by molar-refractivity contribution is -0.136. The van der Waals surface area contributed by atoms with Crippen LogP contribution in [0.2, 0.25) is 0 Å². The Balaban J connectivity index is 2.41. The number of rotatable bonds is 4. The summed E-state index contributed by atoms with van der Waals surface area (Å²) in [7, 11) is 1.83. The summed E-state index contributed by atoms with van der Waals surface area (Å²) >= 11 is 0. The van der Waals surface area contributed by atoms with E-state index in [1.54, 1.807) is 6.07 Å². The summed E-state index contributed by atoms with van der Waals surface area (Å²) in [5.41, 5.74) is 2.06.